The molecule has 0 aromatic heterocycles. The fourth-order valence-corrected chi connectivity index (χ4v) is 2.69. The van der Waals surface area contributed by atoms with Gasteiger partial charge >= 0.3 is 0 Å². The second kappa shape index (κ2) is 8.45. The van der Waals surface area contributed by atoms with Crippen LogP contribution >= 0.6 is 11.6 Å². The molecule has 25 heavy (non-hydrogen) atoms. The number of nitrogens with two attached hydrogens (primary N) is 1. The number of benzene rings is 2. The van der Waals surface area contributed by atoms with Crippen molar-refractivity contribution in [3.8, 4) is 17.2 Å². The van der Waals surface area contributed by atoms with E-state index in [-0.39, 0.29) is 5.41 Å². The molecule has 0 atom stereocenters. The Morgan fingerprint density at radius 1 is 0.960 bits per heavy atom. The van der Waals surface area contributed by atoms with Crippen molar-refractivity contribution < 1.29 is 14.2 Å². The zero-order valence-electron chi connectivity index (χ0n) is 15.3. The fraction of sp³-hybridized carbons (Fsp3) is 0.400. The summed E-state index contributed by atoms with van der Waals surface area (Å²) in [6.07, 6.45) is 0. The van der Waals surface area contributed by atoms with E-state index in [2.05, 4.69) is 20.8 Å². The van der Waals surface area contributed by atoms with Crippen molar-refractivity contribution >= 4 is 11.6 Å². The van der Waals surface area contributed by atoms with Crippen molar-refractivity contribution in [2.75, 3.05) is 20.3 Å². The highest BCUT2D eigenvalue weighted by Crippen LogP contribution is 2.34. The quantitative estimate of drug-likeness (QED) is 0.732. The first-order chi connectivity index (χ1) is 11.8. The summed E-state index contributed by atoms with van der Waals surface area (Å²) in [6, 6.07) is 11.3. The van der Waals surface area contributed by atoms with Crippen LogP contribution in [0.4, 0.5) is 0 Å². The smallest absolute Gasteiger partial charge is 0.124 e. The highest BCUT2D eigenvalue weighted by Gasteiger charge is 2.20. The molecule has 0 unspecified atom stereocenters. The van der Waals surface area contributed by atoms with Crippen LogP contribution in [0.5, 0.6) is 17.2 Å². The summed E-state index contributed by atoms with van der Waals surface area (Å²) in [5.41, 5.74) is 7.66. The zero-order chi connectivity index (χ0) is 18.4. The van der Waals surface area contributed by atoms with Gasteiger partial charge in [0.25, 0.3) is 0 Å². The molecule has 0 bridgehead atoms. The lowest BCUT2D eigenvalue weighted by Crippen LogP contribution is -2.16. The van der Waals surface area contributed by atoms with Gasteiger partial charge in [-0.25, -0.2) is 0 Å². The van der Waals surface area contributed by atoms with E-state index in [0.29, 0.717) is 24.8 Å². The number of ether oxygens (including phenoxy) is 3. The molecule has 5 heteroatoms. The first-order valence-electron chi connectivity index (χ1n) is 8.27. The van der Waals surface area contributed by atoms with E-state index in [1.54, 1.807) is 13.2 Å². The predicted octanol–water partition coefficient (Wildman–Crippen LogP) is 4.56. The molecule has 2 aromatic rings. The molecule has 0 spiro atoms. The fourth-order valence-electron chi connectivity index (χ4n) is 2.50. The summed E-state index contributed by atoms with van der Waals surface area (Å²) in [4.78, 5) is 0. The van der Waals surface area contributed by atoms with Crippen molar-refractivity contribution in [1.29, 1.82) is 0 Å². The van der Waals surface area contributed by atoms with Crippen LogP contribution in [0.3, 0.4) is 0 Å². The Bertz CT molecular complexity index is 711. The molecular weight excluding hydrogens is 338 g/mol. The average molecular weight is 364 g/mol. The Morgan fingerprint density at radius 3 is 2.20 bits per heavy atom. The third kappa shape index (κ3) is 5.28. The number of methoxy groups -OCH3 is 1. The predicted molar refractivity (Wildman–Crippen MR) is 102 cm³/mol. The zero-order valence-corrected chi connectivity index (χ0v) is 16.0. The van der Waals surface area contributed by atoms with Gasteiger partial charge in [0.1, 0.15) is 30.5 Å². The van der Waals surface area contributed by atoms with Gasteiger partial charge in [-0.05, 0) is 41.8 Å². The van der Waals surface area contributed by atoms with Crippen LogP contribution < -0.4 is 19.9 Å². The minimum Gasteiger partial charge on any atom is -0.497 e. The Balaban J connectivity index is 2.00. The van der Waals surface area contributed by atoms with E-state index < -0.39 is 0 Å². The van der Waals surface area contributed by atoms with Crippen LogP contribution in [-0.2, 0) is 12.0 Å². The minimum absolute atomic E-state index is 0.0480. The van der Waals surface area contributed by atoms with Crippen molar-refractivity contribution in [3.05, 3.63) is 52.5 Å². The third-order valence-electron chi connectivity index (χ3n) is 3.84. The lowest BCUT2D eigenvalue weighted by atomic mass is 9.86. The molecular formula is C20H26ClNO3. The summed E-state index contributed by atoms with van der Waals surface area (Å²) in [5, 5.41) is 0.650. The Hall–Kier alpha value is -1.91. The molecule has 4 nitrogen and oxygen atoms in total. The van der Waals surface area contributed by atoms with Crippen LogP contribution in [0.15, 0.2) is 36.4 Å². The Kier molecular flexibility index (Phi) is 6.57. The molecule has 136 valence electrons. The molecule has 0 heterocycles. The Labute approximate surface area is 154 Å². The van der Waals surface area contributed by atoms with Gasteiger partial charge in [0.2, 0.25) is 0 Å². The molecule has 2 N–H and O–H groups in total. The first-order valence-corrected chi connectivity index (χ1v) is 8.65. The van der Waals surface area contributed by atoms with Crippen LogP contribution in [0.2, 0.25) is 5.02 Å². The van der Waals surface area contributed by atoms with Crippen LogP contribution in [0, 0.1) is 0 Å². The van der Waals surface area contributed by atoms with Crippen molar-refractivity contribution in [1.82, 2.24) is 0 Å². The molecule has 0 saturated carbocycles. The molecule has 2 aromatic carbocycles. The SMILES string of the molecule is COc1ccc(OCCOc2ccc(Cl)cc2CN)c(C(C)(C)C)c1. The number of hydrogen-bond acceptors (Lipinski definition) is 4. The van der Waals surface area contributed by atoms with E-state index in [4.69, 9.17) is 31.5 Å². The van der Waals surface area contributed by atoms with Gasteiger partial charge in [-0.2, -0.15) is 0 Å². The summed E-state index contributed by atoms with van der Waals surface area (Å²) >= 11 is 5.98. The average Bonchev–Trinajstić information content (AvgIpc) is 2.58. The summed E-state index contributed by atoms with van der Waals surface area (Å²) in [6.45, 7) is 7.67. The van der Waals surface area contributed by atoms with Crippen molar-refractivity contribution in [3.63, 3.8) is 0 Å². The van der Waals surface area contributed by atoms with Gasteiger partial charge in [-0.3, -0.25) is 0 Å². The van der Waals surface area contributed by atoms with Crippen LogP contribution in [0.25, 0.3) is 0 Å². The monoisotopic (exact) mass is 363 g/mol. The lowest BCUT2D eigenvalue weighted by molar-refractivity contribution is 0.213. The second-order valence-electron chi connectivity index (χ2n) is 6.77. The van der Waals surface area contributed by atoms with Crippen LogP contribution in [0.1, 0.15) is 31.9 Å². The minimum atomic E-state index is -0.0480. The highest BCUT2D eigenvalue weighted by atomic mass is 35.5. The molecule has 0 aliphatic heterocycles. The van der Waals surface area contributed by atoms with E-state index in [0.717, 1.165) is 28.4 Å². The van der Waals surface area contributed by atoms with Gasteiger partial charge in [-0.1, -0.05) is 32.4 Å². The second-order valence-corrected chi connectivity index (χ2v) is 7.20. The summed E-state index contributed by atoms with van der Waals surface area (Å²) < 4.78 is 17.1. The summed E-state index contributed by atoms with van der Waals surface area (Å²) in [7, 11) is 1.66. The van der Waals surface area contributed by atoms with Gasteiger partial charge in [-0.15, -0.1) is 0 Å². The molecule has 0 aliphatic rings. The largest absolute Gasteiger partial charge is 0.497 e. The number of rotatable bonds is 7. The molecule has 0 amide bonds. The molecule has 0 aliphatic carbocycles. The standard InChI is InChI=1S/C20H26ClNO3/c1-20(2,3)17-12-16(23-4)6-8-19(17)25-10-9-24-18-7-5-15(21)11-14(18)13-22/h5-8,11-12H,9-10,13,22H2,1-4H3. The number of halogens is 1. The number of hydrogen-bond donors (Lipinski definition) is 1. The molecule has 2 rings (SSSR count). The van der Waals surface area contributed by atoms with E-state index >= 15 is 0 Å². The Morgan fingerprint density at radius 2 is 1.60 bits per heavy atom. The molecule has 0 saturated heterocycles. The topological polar surface area (TPSA) is 53.7 Å². The maximum atomic E-state index is 5.98. The van der Waals surface area contributed by atoms with Gasteiger partial charge < -0.3 is 19.9 Å². The van der Waals surface area contributed by atoms with Gasteiger partial charge in [0.15, 0.2) is 0 Å². The van der Waals surface area contributed by atoms with Gasteiger partial charge in [0.05, 0.1) is 7.11 Å². The highest BCUT2D eigenvalue weighted by molar-refractivity contribution is 6.30. The normalized spacial score (nSPS) is 11.3. The summed E-state index contributed by atoms with van der Waals surface area (Å²) in [5.74, 6) is 2.40. The van der Waals surface area contributed by atoms with Crippen LogP contribution in [-0.4, -0.2) is 20.3 Å². The van der Waals surface area contributed by atoms with E-state index in [9.17, 15) is 0 Å². The van der Waals surface area contributed by atoms with Crippen molar-refractivity contribution in [2.24, 2.45) is 5.73 Å². The third-order valence-corrected chi connectivity index (χ3v) is 4.07. The van der Waals surface area contributed by atoms with Crippen molar-refractivity contribution in [2.45, 2.75) is 32.7 Å². The van der Waals surface area contributed by atoms with E-state index in [1.165, 1.54) is 0 Å². The van der Waals surface area contributed by atoms with E-state index in [1.807, 2.05) is 30.3 Å². The lowest BCUT2D eigenvalue weighted by Gasteiger charge is -2.23. The molecule has 0 radical (unpaired) electrons. The maximum Gasteiger partial charge on any atom is 0.124 e. The van der Waals surface area contributed by atoms with Gasteiger partial charge in [0, 0.05) is 22.7 Å². The molecule has 0 fully saturated rings. The first kappa shape index (κ1) is 19.4. The maximum absolute atomic E-state index is 5.98.